The van der Waals surface area contributed by atoms with E-state index in [-0.39, 0.29) is 31.2 Å². The molecule has 0 aromatic heterocycles. The van der Waals surface area contributed by atoms with Crippen molar-refractivity contribution in [1.29, 1.82) is 0 Å². The van der Waals surface area contributed by atoms with Crippen molar-refractivity contribution in [3.8, 4) is 0 Å². The van der Waals surface area contributed by atoms with Gasteiger partial charge >= 0.3 is 6.18 Å². The van der Waals surface area contributed by atoms with Gasteiger partial charge < -0.3 is 5.32 Å². The number of hydrogen-bond acceptors (Lipinski definition) is 3. The first-order valence-corrected chi connectivity index (χ1v) is 5.45. The lowest BCUT2D eigenvalue weighted by molar-refractivity contribution is -0.171. The first kappa shape index (κ1) is 14.2. The van der Waals surface area contributed by atoms with Crippen LogP contribution in [0.4, 0.5) is 13.2 Å². The summed E-state index contributed by atoms with van der Waals surface area (Å²) in [5.74, 6) is -0.275. The molecule has 1 heterocycles. The van der Waals surface area contributed by atoms with Gasteiger partial charge in [0.2, 0.25) is 5.91 Å². The SMILES string of the molecule is CON(C)C(=O)C[C@H]1CC[C@H](C(F)(F)F)NC1. The van der Waals surface area contributed by atoms with Crippen LogP contribution in [0.5, 0.6) is 0 Å². The Morgan fingerprint density at radius 3 is 2.53 bits per heavy atom. The van der Waals surface area contributed by atoms with Crippen molar-refractivity contribution in [2.24, 2.45) is 5.92 Å². The molecule has 0 spiro atoms. The molecular formula is C10H17F3N2O2. The average molecular weight is 254 g/mol. The fourth-order valence-electron chi connectivity index (χ4n) is 1.85. The minimum Gasteiger partial charge on any atom is -0.306 e. The van der Waals surface area contributed by atoms with Crippen molar-refractivity contribution < 1.29 is 22.8 Å². The number of nitrogens with one attached hydrogen (secondary N) is 1. The highest BCUT2D eigenvalue weighted by Gasteiger charge is 2.41. The monoisotopic (exact) mass is 254 g/mol. The first-order valence-electron chi connectivity index (χ1n) is 5.45. The maximum atomic E-state index is 12.4. The number of carbonyl (C=O) groups is 1. The molecule has 1 saturated heterocycles. The maximum Gasteiger partial charge on any atom is 0.403 e. The molecule has 2 atom stereocenters. The van der Waals surface area contributed by atoms with Crippen LogP contribution in [-0.4, -0.2) is 43.9 Å². The molecule has 0 radical (unpaired) electrons. The molecule has 1 N–H and O–H groups in total. The molecule has 1 rings (SSSR count). The number of alkyl halides is 3. The van der Waals surface area contributed by atoms with E-state index in [0.29, 0.717) is 6.42 Å². The maximum absolute atomic E-state index is 12.4. The third kappa shape index (κ3) is 4.16. The third-order valence-electron chi connectivity index (χ3n) is 3.00. The van der Waals surface area contributed by atoms with E-state index < -0.39 is 12.2 Å². The molecule has 7 heteroatoms. The predicted molar refractivity (Wildman–Crippen MR) is 55.0 cm³/mol. The molecule has 0 saturated carbocycles. The average Bonchev–Trinajstić information content (AvgIpc) is 2.27. The van der Waals surface area contributed by atoms with Gasteiger partial charge in [-0.15, -0.1) is 0 Å². The molecule has 17 heavy (non-hydrogen) atoms. The van der Waals surface area contributed by atoms with Gasteiger partial charge in [0, 0.05) is 13.5 Å². The molecule has 1 aliphatic heterocycles. The second kappa shape index (κ2) is 5.68. The van der Waals surface area contributed by atoms with Crippen molar-refractivity contribution in [2.75, 3.05) is 20.7 Å². The van der Waals surface area contributed by atoms with Gasteiger partial charge in [-0.2, -0.15) is 13.2 Å². The number of nitrogens with zero attached hydrogens (tertiary/aromatic N) is 1. The highest BCUT2D eigenvalue weighted by Crippen LogP contribution is 2.29. The number of hydrogen-bond donors (Lipinski definition) is 1. The molecule has 4 nitrogen and oxygen atoms in total. The number of hydroxylamine groups is 2. The van der Waals surface area contributed by atoms with E-state index in [4.69, 9.17) is 4.84 Å². The third-order valence-corrected chi connectivity index (χ3v) is 3.00. The van der Waals surface area contributed by atoms with Crippen LogP contribution in [0.1, 0.15) is 19.3 Å². The number of rotatable bonds is 3. The van der Waals surface area contributed by atoms with E-state index in [1.165, 1.54) is 14.2 Å². The van der Waals surface area contributed by atoms with Crippen molar-refractivity contribution in [3.63, 3.8) is 0 Å². The minimum atomic E-state index is -4.20. The van der Waals surface area contributed by atoms with Crippen molar-refractivity contribution >= 4 is 5.91 Å². The van der Waals surface area contributed by atoms with E-state index in [9.17, 15) is 18.0 Å². The normalized spacial score (nSPS) is 25.7. The molecule has 0 aromatic carbocycles. The summed E-state index contributed by atoms with van der Waals surface area (Å²) < 4.78 is 37.1. The van der Waals surface area contributed by atoms with E-state index in [0.717, 1.165) is 5.06 Å². The summed E-state index contributed by atoms with van der Waals surface area (Å²) >= 11 is 0. The van der Waals surface area contributed by atoms with Crippen molar-refractivity contribution in [3.05, 3.63) is 0 Å². The molecule has 100 valence electrons. The number of carbonyl (C=O) groups excluding carboxylic acids is 1. The Balaban J connectivity index is 2.35. The van der Waals surface area contributed by atoms with E-state index in [1.54, 1.807) is 0 Å². The summed E-state index contributed by atoms with van der Waals surface area (Å²) in [7, 11) is 2.85. The van der Waals surface area contributed by atoms with Crippen LogP contribution in [0.3, 0.4) is 0 Å². The number of piperidine rings is 1. The smallest absolute Gasteiger partial charge is 0.306 e. The zero-order valence-corrected chi connectivity index (χ0v) is 9.88. The quantitative estimate of drug-likeness (QED) is 0.772. The van der Waals surface area contributed by atoms with Crippen LogP contribution in [-0.2, 0) is 9.63 Å². The van der Waals surface area contributed by atoms with Gasteiger partial charge in [0.05, 0.1) is 7.11 Å². The van der Waals surface area contributed by atoms with Gasteiger partial charge in [-0.3, -0.25) is 9.63 Å². The van der Waals surface area contributed by atoms with Gasteiger partial charge in [-0.1, -0.05) is 0 Å². The standard InChI is InChI=1S/C10H17F3N2O2/c1-15(17-2)9(16)5-7-3-4-8(14-6-7)10(11,12)13/h7-8,14H,3-6H2,1-2H3/t7-,8-/m1/s1. The van der Waals surface area contributed by atoms with Crippen LogP contribution in [0.2, 0.25) is 0 Å². The molecule has 0 aromatic rings. The molecule has 0 bridgehead atoms. The van der Waals surface area contributed by atoms with Crippen LogP contribution < -0.4 is 5.32 Å². The molecular weight excluding hydrogens is 237 g/mol. The Morgan fingerprint density at radius 2 is 2.12 bits per heavy atom. The van der Waals surface area contributed by atoms with E-state index in [2.05, 4.69) is 5.32 Å². The zero-order valence-electron chi connectivity index (χ0n) is 9.88. The predicted octanol–water partition coefficient (Wildman–Crippen LogP) is 1.33. The molecule has 0 unspecified atom stereocenters. The molecule has 1 amide bonds. The fourth-order valence-corrected chi connectivity index (χ4v) is 1.85. The summed E-state index contributed by atoms with van der Waals surface area (Å²) in [6, 6.07) is -1.44. The lowest BCUT2D eigenvalue weighted by Gasteiger charge is -2.31. The summed E-state index contributed by atoms with van der Waals surface area (Å²) in [6.07, 6.45) is -3.56. The Hall–Kier alpha value is -0.820. The van der Waals surface area contributed by atoms with Gasteiger partial charge in [0.25, 0.3) is 0 Å². The lowest BCUT2D eigenvalue weighted by atomic mass is 9.91. The Labute approximate surface area is 98.1 Å². The van der Waals surface area contributed by atoms with Crippen LogP contribution in [0.25, 0.3) is 0 Å². The van der Waals surface area contributed by atoms with Gasteiger partial charge in [-0.05, 0) is 25.3 Å². The summed E-state index contributed by atoms with van der Waals surface area (Å²) in [6.45, 7) is 0.216. The lowest BCUT2D eigenvalue weighted by Crippen LogP contribution is -2.48. The van der Waals surface area contributed by atoms with Crippen molar-refractivity contribution in [2.45, 2.75) is 31.5 Å². The summed E-state index contributed by atoms with van der Waals surface area (Å²) in [5.41, 5.74) is 0. The number of halogens is 3. The molecule has 1 aliphatic rings. The minimum absolute atomic E-state index is 0.0259. The fraction of sp³-hybridized carbons (Fsp3) is 0.900. The Morgan fingerprint density at radius 1 is 1.47 bits per heavy atom. The van der Waals surface area contributed by atoms with Gasteiger partial charge in [0.15, 0.2) is 0 Å². The zero-order chi connectivity index (χ0) is 13.1. The number of amides is 1. The van der Waals surface area contributed by atoms with E-state index in [1.807, 2.05) is 0 Å². The Bertz CT molecular complexity index is 263. The highest BCUT2D eigenvalue weighted by atomic mass is 19.4. The van der Waals surface area contributed by atoms with Gasteiger partial charge in [0.1, 0.15) is 6.04 Å². The second-order valence-corrected chi connectivity index (χ2v) is 4.22. The molecule has 0 aliphatic carbocycles. The van der Waals surface area contributed by atoms with Crippen LogP contribution >= 0.6 is 0 Å². The van der Waals surface area contributed by atoms with Crippen molar-refractivity contribution in [1.82, 2.24) is 10.4 Å². The molecule has 1 fully saturated rings. The summed E-state index contributed by atoms with van der Waals surface area (Å²) in [4.78, 5) is 16.2. The topological polar surface area (TPSA) is 41.6 Å². The van der Waals surface area contributed by atoms with Crippen LogP contribution in [0, 0.1) is 5.92 Å². The first-order chi connectivity index (χ1) is 7.84. The van der Waals surface area contributed by atoms with Gasteiger partial charge in [-0.25, -0.2) is 5.06 Å². The Kier molecular flexibility index (Phi) is 4.76. The summed E-state index contributed by atoms with van der Waals surface area (Å²) in [5, 5.41) is 3.53. The van der Waals surface area contributed by atoms with E-state index >= 15 is 0 Å². The highest BCUT2D eigenvalue weighted by molar-refractivity contribution is 5.75. The second-order valence-electron chi connectivity index (χ2n) is 4.22. The largest absolute Gasteiger partial charge is 0.403 e. The van der Waals surface area contributed by atoms with Crippen LogP contribution in [0.15, 0.2) is 0 Å².